The highest BCUT2D eigenvalue weighted by Crippen LogP contribution is 2.17. The van der Waals surface area contributed by atoms with Crippen molar-refractivity contribution >= 4 is 17.9 Å². The third-order valence-electron chi connectivity index (χ3n) is 10.4. The van der Waals surface area contributed by atoms with Gasteiger partial charge in [-0.15, -0.1) is 0 Å². The first kappa shape index (κ1) is 51.4. The van der Waals surface area contributed by atoms with Crippen LogP contribution in [-0.2, 0) is 28.6 Å². The predicted molar refractivity (Wildman–Crippen MR) is 224 cm³/mol. The number of rotatable bonds is 40. The van der Waals surface area contributed by atoms with Crippen LogP contribution in [0.5, 0.6) is 0 Å². The molecule has 0 aliphatic carbocycles. The Bertz CT molecular complexity index is 822. The topological polar surface area (TPSA) is 78.9 Å². The third kappa shape index (κ3) is 41.4. The van der Waals surface area contributed by atoms with Gasteiger partial charge in [-0.1, -0.05) is 208 Å². The second-order valence-corrected chi connectivity index (χ2v) is 17.5. The monoisotopic (exact) mass is 751 g/mol. The number of esters is 3. The maximum absolute atomic E-state index is 12.7. The van der Waals surface area contributed by atoms with E-state index in [1.807, 2.05) is 0 Å². The number of hydrogen-bond acceptors (Lipinski definition) is 6. The van der Waals surface area contributed by atoms with Crippen LogP contribution >= 0.6 is 0 Å². The second-order valence-electron chi connectivity index (χ2n) is 17.5. The second kappa shape index (κ2) is 38.7. The molecule has 6 heteroatoms. The zero-order valence-corrected chi connectivity index (χ0v) is 36.3. The zero-order chi connectivity index (χ0) is 39.2. The molecule has 0 aliphatic heterocycles. The number of ether oxygens (including phenoxy) is 3. The van der Waals surface area contributed by atoms with Crippen molar-refractivity contribution in [2.75, 3.05) is 13.2 Å². The highest BCUT2D eigenvalue weighted by molar-refractivity contribution is 5.71. The van der Waals surface area contributed by atoms with Crippen LogP contribution < -0.4 is 0 Å². The Morgan fingerprint density at radius 2 is 0.547 bits per heavy atom. The Morgan fingerprint density at radius 1 is 0.321 bits per heavy atom. The molecule has 0 saturated carbocycles. The predicted octanol–water partition coefficient (Wildman–Crippen LogP) is 14.4. The van der Waals surface area contributed by atoms with Gasteiger partial charge in [-0.05, 0) is 37.0 Å². The van der Waals surface area contributed by atoms with E-state index in [0.29, 0.717) is 19.3 Å². The van der Waals surface area contributed by atoms with Gasteiger partial charge in [-0.2, -0.15) is 0 Å². The lowest BCUT2D eigenvalue weighted by molar-refractivity contribution is -0.167. The van der Waals surface area contributed by atoms with Crippen LogP contribution in [0.2, 0.25) is 0 Å². The summed E-state index contributed by atoms with van der Waals surface area (Å²) in [5.41, 5.74) is 0. The van der Waals surface area contributed by atoms with E-state index in [0.717, 1.165) is 75.5 Å². The van der Waals surface area contributed by atoms with Gasteiger partial charge in [0, 0.05) is 19.3 Å². The number of carbonyl (C=O) groups is 3. The maximum atomic E-state index is 12.7. The van der Waals surface area contributed by atoms with Crippen LogP contribution in [0.1, 0.15) is 247 Å². The third-order valence-corrected chi connectivity index (χ3v) is 10.4. The molecule has 0 aromatic rings. The van der Waals surface area contributed by atoms with Crippen molar-refractivity contribution < 1.29 is 28.6 Å². The molecule has 0 fully saturated rings. The van der Waals surface area contributed by atoms with Gasteiger partial charge < -0.3 is 14.2 Å². The van der Waals surface area contributed by atoms with Crippen molar-refractivity contribution in [2.45, 2.75) is 253 Å². The zero-order valence-electron chi connectivity index (χ0n) is 36.3. The van der Waals surface area contributed by atoms with Crippen molar-refractivity contribution in [2.24, 2.45) is 17.8 Å². The fraction of sp³-hybridized carbons (Fsp3) is 0.936. The molecule has 6 nitrogen and oxygen atoms in total. The largest absolute Gasteiger partial charge is 0.462 e. The van der Waals surface area contributed by atoms with Crippen molar-refractivity contribution in [3.05, 3.63) is 0 Å². The van der Waals surface area contributed by atoms with Gasteiger partial charge in [0.05, 0.1) is 0 Å². The summed E-state index contributed by atoms with van der Waals surface area (Å²) >= 11 is 0. The summed E-state index contributed by atoms with van der Waals surface area (Å²) in [5.74, 6) is 1.54. The molecule has 0 radical (unpaired) electrons. The minimum Gasteiger partial charge on any atom is -0.462 e. The molecular weight excluding hydrogens is 661 g/mol. The normalized spacial score (nSPS) is 12.2. The lowest BCUT2D eigenvalue weighted by Gasteiger charge is -2.18. The summed E-state index contributed by atoms with van der Waals surface area (Å²) in [5, 5.41) is 0. The van der Waals surface area contributed by atoms with Gasteiger partial charge in [-0.25, -0.2) is 0 Å². The molecule has 0 aliphatic rings. The lowest BCUT2D eigenvalue weighted by atomic mass is 10.0. The molecule has 1 atom stereocenters. The number of hydrogen-bond donors (Lipinski definition) is 0. The molecule has 0 aromatic heterocycles. The Kier molecular flexibility index (Phi) is 37.5. The van der Waals surface area contributed by atoms with E-state index in [4.69, 9.17) is 14.2 Å². The summed E-state index contributed by atoms with van der Waals surface area (Å²) < 4.78 is 16.7. The highest BCUT2D eigenvalue weighted by Gasteiger charge is 2.19. The van der Waals surface area contributed by atoms with E-state index in [1.54, 1.807) is 0 Å². The number of carbonyl (C=O) groups excluding carboxylic acids is 3. The van der Waals surface area contributed by atoms with Gasteiger partial charge >= 0.3 is 17.9 Å². The van der Waals surface area contributed by atoms with Crippen molar-refractivity contribution in [3.63, 3.8) is 0 Å². The molecule has 0 bridgehead atoms. The molecule has 0 heterocycles. The van der Waals surface area contributed by atoms with Crippen LogP contribution in [0.4, 0.5) is 0 Å². The fourth-order valence-electron chi connectivity index (χ4n) is 6.88. The summed E-state index contributed by atoms with van der Waals surface area (Å²) in [6, 6.07) is 0. The average Bonchev–Trinajstić information content (AvgIpc) is 3.11. The average molecular weight is 751 g/mol. The summed E-state index contributed by atoms with van der Waals surface area (Å²) in [4.78, 5) is 37.7. The molecule has 0 aromatic carbocycles. The molecule has 0 spiro atoms. The minimum atomic E-state index is -0.762. The van der Waals surface area contributed by atoms with Gasteiger partial charge in [0.25, 0.3) is 0 Å². The van der Waals surface area contributed by atoms with Crippen molar-refractivity contribution in [1.82, 2.24) is 0 Å². The molecule has 0 saturated heterocycles. The van der Waals surface area contributed by atoms with Crippen LogP contribution in [0.25, 0.3) is 0 Å². The Morgan fingerprint density at radius 3 is 0.811 bits per heavy atom. The fourth-order valence-corrected chi connectivity index (χ4v) is 6.88. The van der Waals surface area contributed by atoms with Gasteiger partial charge in [0.1, 0.15) is 13.2 Å². The lowest BCUT2D eigenvalue weighted by Crippen LogP contribution is -2.30. The van der Waals surface area contributed by atoms with Crippen LogP contribution in [-0.4, -0.2) is 37.2 Å². The number of unbranched alkanes of at least 4 members (excludes halogenated alkanes) is 23. The smallest absolute Gasteiger partial charge is 0.306 e. The first-order chi connectivity index (χ1) is 25.6. The quantitative estimate of drug-likeness (QED) is 0.0352. The SMILES string of the molecule is CC(C)CCCCCCCCCCCCCC(=O)OC[C@H](COC(=O)CCCCCCCCCCC(C)C)OC(=O)CCCCCCCCCC(C)C. The van der Waals surface area contributed by atoms with Gasteiger partial charge in [0.2, 0.25) is 0 Å². The first-order valence-corrected chi connectivity index (χ1v) is 23.1. The molecule has 0 N–H and O–H groups in total. The maximum Gasteiger partial charge on any atom is 0.306 e. The Labute approximate surface area is 329 Å². The van der Waals surface area contributed by atoms with Crippen LogP contribution in [0.3, 0.4) is 0 Å². The summed E-state index contributed by atoms with van der Waals surface area (Å²) in [6.07, 6.45) is 35.3. The first-order valence-electron chi connectivity index (χ1n) is 23.1. The van der Waals surface area contributed by atoms with Crippen molar-refractivity contribution in [3.8, 4) is 0 Å². The van der Waals surface area contributed by atoms with E-state index in [2.05, 4.69) is 41.5 Å². The van der Waals surface area contributed by atoms with E-state index in [1.165, 1.54) is 128 Å². The molecular formula is C47H90O6. The van der Waals surface area contributed by atoms with Gasteiger partial charge in [0.15, 0.2) is 6.10 Å². The van der Waals surface area contributed by atoms with E-state index < -0.39 is 6.10 Å². The molecule has 53 heavy (non-hydrogen) atoms. The molecule has 314 valence electrons. The van der Waals surface area contributed by atoms with Crippen LogP contribution in [0, 0.1) is 17.8 Å². The van der Waals surface area contributed by atoms with E-state index in [-0.39, 0.29) is 31.1 Å². The van der Waals surface area contributed by atoms with Gasteiger partial charge in [-0.3, -0.25) is 14.4 Å². The van der Waals surface area contributed by atoms with E-state index in [9.17, 15) is 14.4 Å². The molecule has 0 rings (SSSR count). The van der Waals surface area contributed by atoms with Crippen LogP contribution in [0.15, 0.2) is 0 Å². The van der Waals surface area contributed by atoms with Crippen molar-refractivity contribution in [1.29, 1.82) is 0 Å². The minimum absolute atomic E-state index is 0.0666. The summed E-state index contributed by atoms with van der Waals surface area (Å²) in [7, 11) is 0. The molecule has 0 unspecified atom stereocenters. The van der Waals surface area contributed by atoms with E-state index >= 15 is 0 Å². The standard InChI is InChI=1S/C47H90O6/c1-41(2)33-27-21-15-10-8-7-9-11-18-24-30-36-45(48)51-39-44(53-47(50)38-32-26-20-14-17-23-29-35-43(5)6)40-52-46(49)37-31-25-19-13-12-16-22-28-34-42(3)4/h41-44H,7-40H2,1-6H3/t44-/m1/s1. The molecule has 0 amide bonds. The summed E-state index contributed by atoms with van der Waals surface area (Å²) in [6.45, 7) is 13.6. The highest BCUT2D eigenvalue weighted by atomic mass is 16.6. The Hall–Kier alpha value is -1.59. The Balaban J connectivity index is 4.32.